The van der Waals surface area contributed by atoms with Gasteiger partial charge in [-0.25, -0.2) is 0 Å². The van der Waals surface area contributed by atoms with Crippen molar-refractivity contribution < 1.29 is 9.53 Å². The van der Waals surface area contributed by atoms with E-state index in [9.17, 15) is 4.79 Å². The molecule has 0 radical (unpaired) electrons. The van der Waals surface area contributed by atoms with E-state index in [1.165, 1.54) is 19.3 Å². The van der Waals surface area contributed by atoms with E-state index in [0.717, 1.165) is 22.2 Å². The van der Waals surface area contributed by atoms with Crippen molar-refractivity contribution in [2.24, 2.45) is 0 Å². The predicted molar refractivity (Wildman–Crippen MR) is 63.2 cm³/mol. The van der Waals surface area contributed by atoms with Gasteiger partial charge in [0.1, 0.15) is 0 Å². The van der Waals surface area contributed by atoms with Crippen molar-refractivity contribution in [2.45, 2.75) is 26.2 Å². The Bertz CT molecular complexity index is 359. The number of hydrogen-bond donors (Lipinski definition) is 0. The summed E-state index contributed by atoms with van der Waals surface area (Å²) in [6.07, 6.45) is 5.48. The van der Waals surface area contributed by atoms with E-state index < -0.39 is 0 Å². The second-order valence-corrected chi connectivity index (χ2v) is 5.89. The quantitative estimate of drug-likeness (QED) is 0.621. The second kappa shape index (κ2) is 5.50. The fourth-order valence-electron chi connectivity index (χ4n) is 1.79. The second-order valence-electron chi connectivity index (χ2n) is 3.78. The van der Waals surface area contributed by atoms with Gasteiger partial charge in [-0.15, -0.1) is 0 Å². The van der Waals surface area contributed by atoms with Crippen molar-refractivity contribution in [1.29, 1.82) is 0 Å². The van der Waals surface area contributed by atoms with Gasteiger partial charge in [0.25, 0.3) is 0 Å². The van der Waals surface area contributed by atoms with Gasteiger partial charge in [-0.05, 0) is 0 Å². The molecular weight excluding hydrogens is 271 g/mol. The number of rotatable bonds is 3. The van der Waals surface area contributed by atoms with E-state index in [1.807, 2.05) is 6.92 Å². The zero-order valence-corrected chi connectivity index (χ0v) is 11.2. The van der Waals surface area contributed by atoms with Gasteiger partial charge in [-0.1, -0.05) is 0 Å². The van der Waals surface area contributed by atoms with Crippen LogP contribution in [0.1, 0.15) is 35.4 Å². The van der Waals surface area contributed by atoms with Crippen molar-refractivity contribution in [2.75, 3.05) is 24.6 Å². The number of ether oxygens (including phenoxy) is 1. The van der Waals surface area contributed by atoms with E-state index in [1.54, 1.807) is 6.20 Å². The van der Waals surface area contributed by atoms with E-state index in [2.05, 4.69) is 9.88 Å². The van der Waals surface area contributed by atoms with Crippen molar-refractivity contribution in [3.8, 4) is 0 Å². The molecule has 88 valence electrons. The van der Waals surface area contributed by atoms with Gasteiger partial charge >= 0.3 is 101 Å². The maximum absolute atomic E-state index is 11.5. The fraction of sp³-hybridized carbons (Fsp3) is 0.636. The standard InChI is InChI=1S/C11H16N2O2Se/c1-2-15-10(14)9-8-12-11(16-9)13-6-4-3-5-7-13/h8H,2-7H2,1H3. The number of piperidine rings is 1. The summed E-state index contributed by atoms with van der Waals surface area (Å²) in [6, 6.07) is 0. The van der Waals surface area contributed by atoms with Gasteiger partial charge < -0.3 is 0 Å². The van der Waals surface area contributed by atoms with Crippen LogP contribution in [0.4, 0.5) is 4.69 Å². The SMILES string of the molecule is CCOC(=O)c1cnc(N2CCCCC2)[se]1. The summed E-state index contributed by atoms with van der Waals surface area (Å²) in [7, 11) is 0. The zero-order chi connectivity index (χ0) is 11.4. The minimum atomic E-state index is -0.196. The van der Waals surface area contributed by atoms with Crippen LogP contribution in [0, 0.1) is 0 Å². The van der Waals surface area contributed by atoms with Crippen LogP contribution in [0.5, 0.6) is 0 Å². The van der Waals surface area contributed by atoms with Crippen molar-refractivity contribution in [1.82, 2.24) is 4.98 Å². The number of esters is 1. The van der Waals surface area contributed by atoms with Crippen LogP contribution >= 0.6 is 0 Å². The first-order chi connectivity index (χ1) is 7.81. The Balaban J connectivity index is 2.03. The van der Waals surface area contributed by atoms with Crippen LogP contribution in [-0.4, -0.2) is 45.2 Å². The van der Waals surface area contributed by atoms with Crippen LogP contribution in [0.2, 0.25) is 0 Å². The third-order valence-corrected chi connectivity index (χ3v) is 4.77. The van der Waals surface area contributed by atoms with Crippen molar-refractivity contribution in [3.63, 3.8) is 0 Å². The molecule has 2 rings (SSSR count). The monoisotopic (exact) mass is 288 g/mol. The molecule has 0 atom stereocenters. The molecule has 0 aliphatic carbocycles. The molecule has 0 N–H and O–H groups in total. The number of carbonyl (C=O) groups excluding carboxylic acids is 1. The van der Waals surface area contributed by atoms with Crippen molar-refractivity contribution in [3.05, 3.63) is 10.6 Å². The topological polar surface area (TPSA) is 42.4 Å². The van der Waals surface area contributed by atoms with E-state index >= 15 is 0 Å². The molecule has 0 amide bonds. The third-order valence-electron chi connectivity index (χ3n) is 2.60. The molecule has 0 spiro atoms. The maximum atomic E-state index is 11.5. The first-order valence-corrected chi connectivity index (χ1v) is 7.40. The Morgan fingerprint density at radius 1 is 1.50 bits per heavy atom. The van der Waals surface area contributed by atoms with Gasteiger partial charge in [-0.3, -0.25) is 0 Å². The summed E-state index contributed by atoms with van der Waals surface area (Å²) in [5, 5.41) is 0. The molecule has 1 aromatic heterocycles. The van der Waals surface area contributed by atoms with E-state index in [0.29, 0.717) is 6.61 Å². The van der Waals surface area contributed by atoms with Crippen LogP contribution in [0.25, 0.3) is 0 Å². The van der Waals surface area contributed by atoms with Crippen LogP contribution < -0.4 is 4.90 Å². The number of hydrogen-bond acceptors (Lipinski definition) is 4. The Labute approximate surface area is 101 Å². The van der Waals surface area contributed by atoms with Gasteiger partial charge in [0.05, 0.1) is 0 Å². The third kappa shape index (κ3) is 2.66. The molecule has 1 aliphatic rings. The van der Waals surface area contributed by atoms with Gasteiger partial charge in [-0.2, -0.15) is 0 Å². The molecule has 1 aromatic rings. The molecule has 4 nitrogen and oxygen atoms in total. The van der Waals surface area contributed by atoms with E-state index in [4.69, 9.17) is 4.74 Å². The minimum absolute atomic E-state index is 0.0452. The Morgan fingerprint density at radius 3 is 2.94 bits per heavy atom. The average Bonchev–Trinajstić information content (AvgIpc) is 2.80. The summed E-state index contributed by atoms with van der Waals surface area (Å²) < 4.78 is 6.82. The molecular formula is C11H16N2O2Se. The average molecular weight is 287 g/mol. The Hall–Kier alpha value is -0.801. The summed E-state index contributed by atoms with van der Waals surface area (Å²) >= 11 is 0.0452. The molecule has 16 heavy (non-hydrogen) atoms. The fourth-order valence-corrected chi connectivity index (χ4v) is 3.60. The summed E-state index contributed by atoms with van der Waals surface area (Å²) in [5.74, 6) is -0.196. The number of nitrogens with zero attached hydrogens (tertiary/aromatic N) is 2. The molecule has 1 saturated heterocycles. The molecule has 0 bridgehead atoms. The molecule has 0 aromatic carbocycles. The molecule has 1 fully saturated rings. The summed E-state index contributed by atoms with van der Waals surface area (Å²) in [4.78, 5) is 18.2. The first-order valence-electron chi connectivity index (χ1n) is 5.69. The molecule has 2 heterocycles. The summed E-state index contributed by atoms with van der Waals surface area (Å²) in [6.45, 7) is 4.44. The van der Waals surface area contributed by atoms with Crippen LogP contribution in [-0.2, 0) is 4.74 Å². The molecule has 1 aliphatic heterocycles. The molecule has 0 unspecified atom stereocenters. The Kier molecular flexibility index (Phi) is 4.02. The Morgan fingerprint density at radius 2 is 2.25 bits per heavy atom. The first kappa shape index (κ1) is 11.7. The van der Waals surface area contributed by atoms with Crippen LogP contribution in [0.15, 0.2) is 6.20 Å². The van der Waals surface area contributed by atoms with Gasteiger partial charge in [0, 0.05) is 0 Å². The molecule has 0 saturated carbocycles. The normalized spacial score (nSPS) is 16.2. The number of anilines is 1. The number of aromatic nitrogens is 1. The van der Waals surface area contributed by atoms with Crippen LogP contribution in [0.3, 0.4) is 0 Å². The van der Waals surface area contributed by atoms with Gasteiger partial charge in [0.2, 0.25) is 0 Å². The van der Waals surface area contributed by atoms with Gasteiger partial charge in [0.15, 0.2) is 0 Å². The van der Waals surface area contributed by atoms with E-state index in [-0.39, 0.29) is 20.5 Å². The van der Waals surface area contributed by atoms with Crippen molar-refractivity contribution >= 4 is 25.2 Å². The summed E-state index contributed by atoms with van der Waals surface area (Å²) in [5.41, 5.74) is 0. The number of carbonyl (C=O) groups is 1. The predicted octanol–water partition coefficient (Wildman–Crippen LogP) is 1.31. The zero-order valence-electron chi connectivity index (χ0n) is 9.44. The molecule has 5 heteroatoms.